The van der Waals surface area contributed by atoms with Crippen LogP contribution < -0.4 is 10.9 Å². The Bertz CT molecular complexity index is 641. The van der Waals surface area contributed by atoms with Crippen LogP contribution in [0.1, 0.15) is 26.3 Å². The summed E-state index contributed by atoms with van der Waals surface area (Å²) in [5, 5.41) is 0.211. The van der Waals surface area contributed by atoms with Crippen LogP contribution in [0.15, 0.2) is 42.6 Å². The molecule has 0 atom stereocenters. The first-order valence-electron chi connectivity index (χ1n) is 5.85. The summed E-state index contributed by atoms with van der Waals surface area (Å²) >= 11 is 5.68. The number of nitrogens with one attached hydrogen (secondary N) is 2. The van der Waals surface area contributed by atoms with E-state index in [1.807, 2.05) is 19.1 Å². The van der Waals surface area contributed by atoms with Gasteiger partial charge in [-0.2, -0.15) is 0 Å². The minimum atomic E-state index is -0.463. The molecule has 1 aromatic heterocycles. The van der Waals surface area contributed by atoms with Crippen LogP contribution in [0.2, 0.25) is 5.15 Å². The van der Waals surface area contributed by atoms with Gasteiger partial charge in [-0.05, 0) is 31.2 Å². The number of aromatic nitrogens is 1. The van der Waals surface area contributed by atoms with Gasteiger partial charge >= 0.3 is 0 Å². The van der Waals surface area contributed by atoms with Crippen molar-refractivity contribution in [3.05, 3.63) is 64.4 Å². The van der Waals surface area contributed by atoms with Crippen molar-refractivity contribution < 1.29 is 9.59 Å². The molecule has 0 aliphatic rings. The summed E-state index contributed by atoms with van der Waals surface area (Å²) in [7, 11) is 0. The van der Waals surface area contributed by atoms with E-state index in [-0.39, 0.29) is 5.15 Å². The summed E-state index contributed by atoms with van der Waals surface area (Å²) in [6.45, 7) is 1.93. The van der Waals surface area contributed by atoms with Crippen molar-refractivity contribution in [2.45, 2.75) is 6.92 Å². The molecule has 0 aliphatic heterocycles. The molecule has 5 nitrogen and oxygen atoms in total. The van der Waals surface area contributed by atoms with Crippen molar-refractivity contribution in [1.29, 1.82) is 0 Å². The van der Waals surface area contributed by atoms with Gasteiger partial charge in [0.15, 0.2) is 0 Å². The Labute approximate surface area is 120 Å². The van der Waals surface area contributed by atoms with E-state index >= 15 is 0 Å². The third-order valence-corrected chi connectivity index (χ3v) is 2.80. The minimum Gasteiger partial charge on any atom is -0.267 e. The molecule has 0 saturated carbocycles. The van der Waals surface area contributed by atoms with Gasteiger partial charge in [0.1, 0.15) is 5.15 Å². The zero-order valence-corrected chi connectivity index (χ0v) is 11.4. The average Bonchev–Trinajstić information content (AvgIpc) is 2.45. The summed E-state index contributed by atoms with van der Waals surface area (Å²) in [5.41, 5.74) is 6.48. The fraction of sp³-hybridized carbons (Fsp3) is 0.0714. The zero-order valence-electron chi connectivity index (χ0n) is 10.7. The van der Waals surface area contributed by atoms with Gasteiger partial charge < -0.3 is 0 Å². The summed E-state index contributed by atoms with van der Waals surface area (Å²) in [5.74, 6) is -0.853. The van der Waals surface area contributed by atoms with Gasteiger partial charge in [-0.1, -0.05) is 29.3 Å². The minimum absolute atomic E-state index is 0.211. The van der Waals surface area contributed by atoms with E-state index in [2.05, 4.69) is 15.8 Å². The van der Waals surface area contributed by atoms with E-state index in [0.29, 0.717) is 11.1 Å². The third-order valence-electron chi connectivity index (χ3n) is 2.59. The molecule has 0 saturated heterocycles. The van der Waals surface area contributed by atoms with Crippen LogP contribution in [0.5, 0.6) is 0 Å². The van der Waals surface area contributed by atoms with E-state index in [1.165, 1.54) is 18.3 Å². The number of hydrogen-bond donors (Lipinski definition) is 2. The highest BCUT2D eigenvalue weighted by Crippen LogP contribution is 2.06. The number of hydrogen-bond acceptors (Lipinski definition) is 3. The Kier molecular flexibility index (Phi) is 4.32. The first-order chi connectivity index (χ1) is 9.56. The van der Waals surface area contributed by atoms with Crippen LogP contribution in [-0.2, 0) is 0 Å². The molecule has 0 fully saturated rings. The van der Waals surface area contributed by atoms with E-state index in [9.17, 15) is 9.59 Å². The maximum absolute atomic E-state index is 11.8. The number of halogens is 1. The number of rotatable bonds is 2. The average molecular weight is 290 g/mol. The molecule has 2 N–H and O–H groups in total. The number of benzene rings is 1. The molecular formula is C14H12ClN3O2. The summed E-state index contributed by atoms with van der Waals surface area (Å²) in [6.07, 6.45) is 1.42. The van der Waals surface area contributed by atoms with Gasteiger partial charge in [-0.15, -0.1) is 0 Å². The lowest BCUT2D eigenvalue weighted by Gasteiger charge is -2.07. The molecule has 102 valence electrons. The molecule has 0 aliphatic carbocycles. The quantitative estimate of drug-likeness (QED) is 0.657. The summed E-state index contributed by atoms with van der Waals surface area (Å²) in [6, 6.07) is 9.91. The predicted octanol–water partition coefficient (Wildman–Crippen LogP) is 2.12. The second kappa shape index (κ2) is 6.16. The highest BCUT2D eigenvalue weighted by Gasteiger charge is 2.09. The van der Waals surface area contributed by atoms with Gasteiger partial charge in [0, 0.05) is 17.3 Å². The Morgan fingerprint density at radius 1 is 1.00 bits per heavy atom. The number of pyridine rings is 1. The first kappa shape index (κ1) is 14.0. The molecule has 2 aromatic rings. The van der Waals surface area contributed by atoms with Gasteiger partial charge in [0.2, 0.25) is 0 Å². The highest BCUT2D eigenvalue weighted by molar-refractivity contribution is 6.29. The zero-order chi connectivity index (χ0) is 14.5. The van der Waals surface area contributed by atoms with Crippen molar-refractivity contribution in [2.75, 3.05) is 0 Å². The smallest absolute Gasteiger partial charge is 0.267 e. The van der Waals surface area contributed by atoms with Crippen molar-refractivity contribution in [3.8, 4) is 0 Å². The van der Waals surface area contributed by atoms with Crippen LogP contribution in [0.4, 0.5) is 0 Å². The molecule has 1 aromatic carbocycles. The van der Waals surface area contributed by atoms with Gasteiger partial charge in [-0.25, -0.2) is 4.98 Å². The third kappa shape index (κ3) is 3.55. The van der Waals surface area contributed by atoms with E-state index in [0.717, 1.165) is 5.56 Å². The Morgan fingerprint density at radius 2 is 1.60 bits per heavy atom. The number of nitrogens with zero attached hydrogens (tertiary/aromatic N) is 1. The van der Waals surface area contributed by atoms with Gasteiger partial charge in [0.05, 0.1) is 0 Å². The fourth-order valence-corrected chi connectivity index (χ4v) is 1.68. The molecule has 2 amide bonds. The number of amides is 2. The largest absolute Gasteiger partial charge is 0.269 e. The fourth-order valence-electron chi connectivity index (χ4n) is 1.51. The predicted molar refractivity (Wildman–Crippen MR) is 75.4 cm³/mol. The van der Waals surface area contributed by atoms with Crippen LogP contribution in [0.3, 0.4) is 0 Å². The topological polar surface area (TPSA) is 71.1 Å². The maximum Gasteiger partial charge on any atom is 0.269 e. The second-order valence-electron chi connectivity index (χ2n) is 4.14. The molecule has 20 heavy (non-hydrogen) atoms. The Morgan fingerprint density at radius 3 is 2.20 bits per heavy atom. The Balaban J connectivity index is 1.96. The monoisotopic (exact) mass is 289 g/mol. The van der Waals surface area contributed by atoms with Crippen LogP contribution in [0, 0.1) is 6.92 Å². The van der Waals surface area contributed by atoms with Crippen LogP contribution >= 0.6 is 11.6 Å². The number of aryl methyl sites for hydroxylation is 1. The number of carbonyl (C=O) groups is 2. The van der Waals surface area contributed by atoms with E-state index < -0.39 is 11.8 Å². The van der Waals surface area contributed by atoms with E-state index in [1.54, 1.807) is 12.1 Å². The molecule has 2 rings (SSSR count). The summed E-state index contributed by atoms with van der Waals surface area (Å²) in [4.78, 5) is 27.3. The molecule has 0 unspecified atom stereocenters. The second-order valence-corrected chi connectivity index (χ2v) is 4.53. The lowest BCUT2D eigenvalue weighted by Crippen LogP contribution is -2.41. The standard InChI is InChI=1S/C14H12ClN3O2/c1-9-2-4-10(5-3-9)13(19)17-18-14(20)11-6-7-16-12(15)8-11/h2-8H,1H3,(H,17,19)(H,18,20). The normalized spacial score (nSPS) is 9.90. The summed E-state index contributed by atoms with van der Waals surface area (Å²) < 4.78 is 0. The van der Waals surface area contributed by atoms with Crippen LogP contribution in [-0.4, -0.2) is 16.8 Å². The van der Waals surface area contributed by atoms with Gasteiger partial charge in [0.25, 0.3) is 11.8 Å². The van der Waals surface area contributed by atoms with Crippen molar-refractivity contribution in [1.82, 2.24) is 15.8 Å². The SMILES string of the molecule is Cc1ccc(C(=O)NNC(=O)c2ccnc(Cl)c2)cc1. The molecule has 0 bridgehead atoms. The van der Waals surface area contributed by atoms with E-state index in [4.69, 9.17) is 11.6 Å². The maximum atomic E-state index is 11.8. The van der Waals surface area contributed by atoms with Crippen LogP contribution in [0.25, 0.3) is 0 Å². The molecule has 0 radical (unpaired) electrons. The van der Waals surface area contributed by atoms with Crippen molar-refractivity contribution >= 4 is 23.4 Å². The lowest BCUT2D eigenvalue weighted by molar-refractivity contribution is 0.0846. The van der Waals surface area contributed by atoms with Gasteiger partial charge in [-0.3, -0.25) is 20.4 Å². The number of carbonyl (C=O) groups excluding carboxylic acids is 2. The van der Waals surface area contributed by atoms with Crippen molar-refractivity contribution in [3.63, 3.8) is 0 Å². The number of hydrazine groups is 1. The molecule has 6 heteroatoms. The lowest BCUT2D eigenvalue weighted by atomic mass is 10.1. The molecular weight excluding hydrogens is 278 g/mol. The first-order valence-corrected chi connectivity index (χ1v) is 6.23. The van der Waals surface area contributed by atoms with Crippen molar-refractivity contribution in [2.24, 2.45) is 0 Å². The molecule has 1 heterocycles. The molecule has 0 spiro atoms. The highest BCUT2D eigenvalue weighted by atomic mass is 35.5. The Hall–Kier alpha value is -2.40.